The lowest BCUT2D eigenvalue weighted by Gasteiger charge is -2.13. The molecule has 0 fully saturated rings. The van der Waals surface area contributed by atoms with Gasteiger partial charge in [0.1, 0.15) is 21.9 Å². The van der Waals surface area contributed by atoms with E-state index in [0.717, 1.165) is 33.8 Å². The number of aliphatic hydroxyl groups is 1. The van der Waals surface area contributed by atoms with Crippen LogP contribution in [-0.2, 0) is 12.2 Å². The number of rotatable bonds is 8. The monoisotopic (exact) mass is 559 g/mol. The van der Waals surface area contributed by atoms with E-state index in [4.69, 9.17) is 21.7 Å². The number of nitriles is 1. The third kappa shape index (κ3) is 5.49. The van der Waals surface area contributed by atoms with Gasteiger partial charge in [-0.2, -0.15) is 5.26 Å². The van der Waals surface area contributed by atoms with E-state index in [-0.39, 0.29) is 12.2 Å². The number of benzene rings is 2. The van der Waals surface area contributed by atoms with E-state index in [1.54, 1.807) is 18.3 Å². The number of fused-ring (bicyclic) bond motifs is 1. The van der Waals surface area contributed by atoms with Crippen molar-refractivity contribution in [1.82, 2.24) is 19.9 Å². The maximum absolute atomic E-state index is 13.0. The summed E-state index contributed by atoms with van der Waals surface area (Å²) in [5.74, 6) is 0.951. The highest BCUT2D eigenvalue weighted by molar-refractivity contribution is 7.98. The number of hydrogen-bond acceptors (Lipinski definition) is 8. The Morgan fingerprint density at radius 2 is 1.82 bits per heavy atom. The maximum atomic E-state index is 13.0. The van der Waals surface area contributed by atoms with Crippen LogP contribution >= 0.6 is 34.7 Å². The molecule has 0 aliphatic carbocycles. The lowest BCUT2D eigenvalue weighted by molar-refractivity contribution is 0.288. The number of aromatic amines is 1. The van der Waals surface area contributed by atoms with E-state index in [1.807, 2.05) is 53.9 Å². The number of nitrogens with zero attached hydrogens (tertiary/aromatic N) is 4. The van der Waals surface area contributed by atoms with E-state index in [2.05, 4.69) is 21.0 Å². The standard InChI is InChI=1S/C28H22ClN5O2S2/c1-16-31-25-24(26(36)32-16)23(18-6-4-17(5-7-18)3-2-12-35)22(13-30)28(34-25)38-15-21-14-37-27(33-21)19-8-10-20(29)11-9-19/h4-11,14,35H,2-3,12,15H2,1H3,(H,31,32,34,36). The molecule has 3 heterocycles. The molecule has 0 bridgehead atoms. The van der Waals surface area contributed by atoms with E-state index in [0.29, 0.717) is 50.2 Å². The fourth-order valence-corrected chi connectivity index (χ4v) is 6.05. The van der Waals surface area contributed by atoms with Crippen molar-refractivity contribution in [3.8, 4) is 27.8 Å². The predicted molar refractivity (Wildman–Crippen MR) is 153 cm³/mol. The first kappa shape index (κ1) is 26.1. The minimum absolute atomic E-state index is 0.122. The summed E-state index contributed by atoms with van der Waals surface area (Å²) in [7, 11) is 0. The number of halogens is 1. The SMILES string of the molecule is Cc1nc2nc(SCc3csc(-c4ccc(Cl)cc4)n3)c(C#N)c(-c3ccc(CCCO)cc3)c2c(=O)[nH]1. The molecule has 0 saturated carbocycles. The topological polar surface area (TPSA) is 116 Å². The molecule has 7 nitrogen and oxygen atoms in total. The largest absolute Gasteiger partial charge is 0.396 e. The summed E-state index contributed by atoms with van der Waals surface area (Å²) in [4.78, 5) is 29.6. The third-order valence-corrected chi connectivity index (χ3v) is 8.12. The van der Waals surface area contributed by atoms with Gasteiger partial charge >= 0.3 is 0 Å². The number of aryl methyl sites for hydroxylation is 2. The van der Waals surface area contributed by atoms with Crippen molar-refractivity contribution in [2.75, 3.05) is 6.61 Å². The number of thioether (sulfide) groups is 1. The van der Waals surface area contributed by atoms with Crippen molar-refractivity contribution < 1.29 is 5.11 Å². The molecule has 5 rings (SSSR count). The fourth-order valence-electron chi connectivity index (χ4n) is 4.12. The van der Waals surface area contributed by atoms with Gasteiger partial charge in [-0.05, 0) is 43.0 Å². The first-order valence-electron chi connectivity index (χ1n) is 11.8. The lowest BCUT2D eigenvalue weighted by atomic mass is 9.97. The van der Waals surface area contributed by atoms with Gasteiger partial charge in [0.25, 0.3) is 5.56 Å². The van der Waals surface area contributed by atoms with Crippen LogP contribution < -0.4 is 5.56 Å². The highest BCUT2D eigenvalue weighted by atomic mass is 35.5. The molecule has 5 aromatic rings. The van der Waals surface area contributed by atoms with Gasteiger partial charge in [0.15, 0.2) is 5.65 Å². The van der Waals surface area contributed by atoms with Crippen molar-refractivity contribution >= 4 is 45.7 Å². The zero-order valence-corrected chi connectivity index (χ0v) is 22.8. The first-order valence-corrected chi connectivity index (χ1v) is 14.1. The molecule has 190 valence electrons. The molecule has 0 aliphatic rings. The zero-order chi connectivity index (χ0) is 26.6. The minimum Gasteiger partial charge on any atom is -0.396 e. The summed E-state index contributed by atoms with van der Waals surface area (Å²) >= 11 is 8.94. The second kappa shape index (κ2) is 11.5. The second-order valence-corrected chi connectivity index (χ2v) is 10.9. The number of nitrogens with one attached hydrogen (secondary N) is 1. The van der Waals surface area contributed by atoms with Crippen molar-refractivity contribution in [3.63, 3.8) is 0 Å². The quantitative estimate of drug-likeness (QED) is 0.219. The molecular weight excluding hydrogens is 538 g/mol. The van der Waals surface area contributed by atoms with Crippen molar-refractivity contribution in [2.45, 2.75) is 30.5 Å². The minimum atomic E-state index is -0.334. The zero-order valence-electron chi connectivity index (χ0n) is 20.4. The van der Waals surface area contributed by atoms with Gasteiger partial charge in [0.05, 0.1) is 16.6 Å². The van der Waals surface area contributed by atoms with Gasteiger partial charge in [-0.1, -0.05) is 59.8 Å². The van der Waals surface area contributed by atoms with E-state index in [1.165, 1.54) is 11.8 Å². The molecule has 0 radical (unpaired) electrons. The number of hydrogen-bond donors (Lipinski definition) is 2. The van der Waals surface area contributed by atoms with Crippen molar-refractivity contribution in [1.29, 1.82) is 5.26 Å². The van der Waals surface area contributed by atoms with Crippen LogP contribution in [0.4, 0.5) is 0 Å². The summed E-state index contributed by atoms with van der Waals surface area (Å²) in [6, 6.07) is 17.5. The molecule has 0 spiro atoms. The van der Waals surface area contributed by atoms with E-state index < -0.39 is 0 Å². The van der Waals surface area contributed by atoms with Crippen LogP contribution in [0.15, 0.2) is 63.7 Å². The average Bonchev–Trinajstić information content (AvgIpc) is 3.39. The molecule has 0 unspecified atom stereocenters. The summed E-state index contributed by atoms with van der Waals surface area (Å²) in [5, 5.41) is 23.7. The van der Waals surface area contributed by atoms with Crippen LogP contribution in [0, 0.1) is 18.3 Å². The molecule has 38 heavy (non-hydrogen) atoms. The Kier molecular flexibility index (Phi) is 7.86. The number of H-pyrrole nitrogens is 1. The number of thiazole rings is 1. The van der Waals surface area contributed by atoms with Gasteiger partial charge in [-0.15, -0.1) is 11.3 Å². The summed E-state index contributed by atoms with van der Waals surface area (Å²) in [5.41, 5.74) is 4.46. The Bertz CT molecular complexity index is 1710. The highest BCUT2D eigenvalue weighted by Crippen LogP contribution is 2.36. The lowest BCUT2D eigenvalue weighted by Crippen LogP contribution is -2.13. The van der Waals surface area contributed by atoms with E-state index in [9.17, 15) is 10.1 Å². The second-order valence-electron chi connectivity index (χ2n) is 8.59. The van der Waals surface area contributed by atoms with Gasteiger partial charge in [0, 0.05) is 33.9 Å². The number of aliphatic hydroxyl groups excluding tert-OH is 1. The molecule has 0 amide bonds. The van der Waals surface area contributed by atoms with Crippen LogP contribution in [0.5, 0.6) is 0 Å². The Balaban J connectivity index is 1.54. The summed E-state index contributed by atoms with van der Waals surface area (Å²) < 4.78 is 0. The van der Waals surface area contributed by atoms with Crippen LogP contribution in [-0.4, -0.2) is 31.6 Å². The first-order chi connectivity index (χ1) is 18.5. The van der Waals surface area contributed by atoms with Crippen molar-refractivity contribution in [3.05, 3.63) is 91.9 Å². The van der Waals surface area contributed by atoms with Crippen LogP contribution in [0.3, 0.4) is 0 Å². The normalized spacial score (nSPS) is 11.1. The molecule has 10 heteroatoms. The Labute approximate surface area is 232 Å². The number of aromatic nitrogens is 4. The molecule has 0 atom stereocenters. The van der Waals surface area contributed by atoms with Gasteiger partial charge in [-0.25, -0.2) is 15.0 Å². The Morgan fingerprint density at radius 3 is 2.53 bits per heavy atom. The average molecular weight is 560 g/mol. The summed E-state index contributed by atoms with van der Waals surface area (Å²) in [6.45, 7) is 1.83. The van der Waals surface area contributed by atoms with Gasteiger partial charge < -0.3 is 10.1 Å². The molecule has 3 aromatic heterocycles. The maximum Gasteiger partial charge on any atom is 0.261 e. The summed E-state index contributed by atoms with van der Waals surface area (Å²) in [6.07, 6.45) is 1.41. The molecule has 2 N–H and O–H groups in total. The smallest absolute Gasteiger partial charge is 0.261 e. The van der Waals surface area contributed by atoms with Crippen LogP contribution in [0.25, 0.3) is 32.7 Å². The van der Waals surface area contributed by atoms with Crippen molar-refractivity contribution in [2.24, 2.45) is 0 Å². The Hall–Kier alpha value is -3.55. The Morgan fingerprint density at radius 1 is 1.08 bits per heavy atom. The van der Waals surface area contributed by atoms with E-state index >= 15 is 0 Å². The molecule has 2 aromatic carbocycles. The van der Waals surface area contributed by atoms with Gasteiger partial charge in [0.2, 0.25) is 0 Å². The van der Waals surface area contributed by atoms with Crippen LogP contribution in [0.2, 0.25) is 5.02 Å². The fraction of sp³-hybridized carbons (Fsp3) is 0.179. The molecule has 0 aliphatic heterocycles. The predicted octanol–water partition coefficient (Wildman–Crippen LogP) is 6.16. The molecule has 0 saturated heterocycles. The highest BCUT2D eigenvalue weighted by Gasteiger charge is 2.21. The van der Waals surface area contributed by atoms with Crippen LogP contribution in [0.1, 0.15) is 29.1 Å². The van der Waals surface area contributed by atoms with Gasteiger partial charge in [-0.3, -0.25) is 4.79 Å². The molecular formula is C28H22ClN5O2S2. The third-order valence-electron chi connectivity index (χ3n) is 5.92. The number of pyridine rings is 1.